The fourth-order valence-electron chi connectivity index (χ4n) is 1.67. The number of carbonyl (C=O) groups is 2. The Morgan fingerprint density at radius 2 is 2.17 bits per heavy atom. The molecular formula is C12H13N3O3. The number of amides is 1. The van der Waals surface area contributed by atoms with E-state index in [4.69, 9.17) is 5.11 Å². The first-order chi connectivity index (χ1) is 8.52. The van der Waals surface area contributed by atoms with Crippen molar-refractivity contribution < 1.29 is 14.7 Å². The van der Waals surface area contributed by atoms with Gasteiger partial charge in [0.2, 0.25) is 0 Å². The molecule has 2 N–H and O–H groups in total. The molecule has 0 unspecified atom stereocenters. The van der Waals surface area contributed by atoms with Gasteiger partial charge >= 0.3 is 5.97 Å². The normalized spacial score (nSPS) is 12.3. The molecule has 94 valence electrons. The van der Waals surface area contributed by atoms with Crippen molar-refractivity contribution in [3.63, 3.8) is 0 Å². The van der Waals surface area contributed by atoms with Gasteiger partial charge in [0.05, 0.1) is 17.4 Å². The van der Waals surface area contributed by atoms with Crippen molar-refractivity contribution in [1.82, 2.24) is 14.9 Å². The summed E-state index contributed by atoms with van der Waals surface area (Å²) in [4.78, 5) is 31.3. The van der Waals surface area contributed by atoms with Crippen LogP contribution in [0.1, 0.15) is 17.3 Å². The second kappa shape index (κ2) is 4.48. The number of nitrogens with zero attached hydrogens (tertiary/aromatic N) is 2. The Morgan fingerprint density at radius 1 is 1.44 bits per heavy atom. The van der Waals surface area contributed by atoms with Gasteiger partial charge in [-0.1, -0.05) is 6.07 Å². The van der Waals surface area contributed by atoms with Gasteiger partial charge in [-0.3, -0.25) is 4.79 Å². The van der Waals surface area contributed by atoms with Crippen LogP contribution in [-0.2, 0) is 4.79 Å². The van der Waals surface area contributed by atoms with Crippen molar-refractivity contribution in [1.29, 1.82) is 0 Å². The van der Waals surface area contributed by atoms with E-state index in [1.807, 2.05) is 0 Å². The minimum atomic E-state index is -1.04. The number of benzene rings is 1. The van der Waals surface area contributed by atoms with Gasteiger partial charge < -0.3 is 15.0 Å². The molecule has 6 heteroatoms. The van der Waals surface area contributed by atoms with Crippen LogP contribution in [0.2, 0.25) is 0 Å². The van der Waals surface area contributed by atoms with Gasteiger partial charge in [-0.05, 0) is 19.1 Å². The third kappa shape index (κ3) is 1.92. The van der Waals surface area contributed by atoms with Crippen LogP contribution in [0.4, 0.5) is 0 Å². The lowest BCUT2D eigenvalue weighted by Gasteiger charge is -2.21. The maximum atomic E-state index is 12.2. The van der Waals surface area contributed by atoms with Gasteiger partial charge in [0.1, 0.15) is 11.6 Å². The standard InChI is InChI=1S/C12H13N3O3/c1-7(12(17)18)15(2)11(16)8-4-3-5-9-10(8)14-6-13-9/h3-7H,1-2H3,(H,13,14)(H,17,18)/t7-/m0/s1. The first kappa shape index (κ1) is 12.1. The molecule has 0 fully saturated rings. The number of rotatable bonds is 3. The molecule has 0 saturated heterocycles. The Balaban J connectivity index is 2.39. The molecule has 0 radical (unpaired) electrons. The van der Waals surface area contributed by atoms with Crippen molar-refractivity contribution in [2.75, 3.05) is 7.05 Å². The molecular weight excluding hydrogens is 234 g/mol. The molecule has 1 aromatic heterocycles. The molecule has 18 heavy (non-hydrogen) atoms. The number of hydrogen-bond donors (Lipinski definition) is 2. The van der Waals surface area contributed by atoms with E-state index in [-0.39, 0.29) is 5.91 Å². The molecule has 1 aromatic carbocycles. The van der Waals surface area contributed by atoms with Crippen molar-refractivity contribution >= 4 is 22.9 Å². The zero-order valence-electron chi connectivity index (χ0n) is 10.0. The van der Waals surface area contributed by atoms with E-state index in [9.17, 15) is 9.59 Å². The highest BCUT2D eigenvalue weighted by Crippen LogP contribution is 2.17. The maximum Gasteiger partial charge on any atom is 0.326 e. The molecule has 0 bridgehead atoms. The largest absolute Gasteiger partial charge is 0.480 e. The van der Waals surface area contributed by atoms with Crippen LogP contribution in [0.5, 0.6) is 0 Å². The van der Waals surface area contributed by atoms with E-state index in [1.54, 1.807) is 18.2 Å². The Hall–Kier alpha value is -2.37. The third-order valence-electron chi connectivity index (χ3n) is 2.94. The van der Waals surface area contributed by atoms with Crippen molar-refractivity contribution in [2.45, 2.75) is 13.0 Å². The molecule has 0 aliphatic heterocycles. The zero-order valence-corrected chi connectivity index (χ0v) is 10.0. The third-order valence-corrected chi connectivity index (χ3v) is 2.94. The Labute approximate surface area is 103 Å². The summed E-state index contributed by atoms with van der Waals surface area (Å²) in [6.45, 7) is 1.46. The number of carboxylic acids is 1. The second-order valence-corrected chi connectivity index (χ2v) is 4.03. The number of carboxylic acid groups (broad SMARTS) is 1. The highest BCUT2D eigenvalue weighted by Gasteiger charge is 2.24. The van der Waals surface area contributed by atoms with Crippen LogP contribution < -0.4 is 0 Å². The van der Waals surface area contributed by atoms with E-state index in [1.165, 1.54) is 25.2 Å². The molecule has 6 nitrogen and oxygen atoms in total. The lowest BCUT2D eigenvalue weighted by Crippen LogP contribution is -2.40. The molecule has 0 aliphatic rings. The first-order valence-corrected chi connectivity index (χ1v) is 5.44. The summed E-state index contributed by atoms with van der Waals surface area (Å²) in [5, 5.41) is 8.91. The number of fused-ring (bicyclic) bond motifs is 1. The van der Waals surface area contributed by atoms with Crippen molar-refractivity contribution in [3.8, 4) is 0 Å². The number of imidazole rings is 1. The number of nitrogens with one attached hydrogen (secondary N) is 1. The fourth-order valence-corrected chi connectivity index (χ4v) is 1.67. The summed E-state index contributed by atoms with van der Waals surface area (Å²) in [7, 11) is 1.46. The van der Waals surface area contributed by atoms with Crippen LogP contribution in [0, 0.1) is 0 Å². The Morgan fingerprint density at radius 3 is 2.83 bits per heavy atom. The van der Waals surface area contributed by atoms with Gasteiger partial charge in [-0.15, -0.1) is 0 Å². The number of aromatic nitrogens is 2. The number of carbonyl (C=O) groups excluding carboxylic acids is 1. The molecule has 0 aliphatic carbocycles. The summed E-state index contributed by atoms with van der Waals surface area (Å²) in [6.07, 6.45) is 1.50. The molecule has 0 spiro atoms. The van der Waals surface area contributed by atoms with Crippen LogP contribution in [0.15, 0.2) is 24.5 Å². The summed E-state index contributed by atoms with van der Waals surface area (Å²) >= 11 is 0. The SMILES string of the molecule is C[C@@H](C(=O)O)N(C)C(=O)c1cccc2[nH]cnc12. The lowest BCUT2D eigenvalue weighted by molar-refractivity contribution is -0.141. The van der Waals surface area contributed by atoms with Gasteiger partial charge in [-0.2, -0.15) is 0 Å². The first-order valence-electron chi connectivity index (χ1n) is 5.44. The smallest absolute Gasteiger partial charge is 0.326 e. The molecule has 2 aromatic rings. The second-order valence-electron chi connectivity index (χ2n) is 4.03. The van der Waals surface area contributed by atoms with Crippen LogP contribution in [-0.4, -0.2) is 44.9 Å². The van der Waals surface area contributed by atoms with E-state index in [0.717, 1.165) is 5.52 Å². The Bertz CT molecular complexity index is 605. The number of likely N-dealkylation sites (N-methyl/N-ethyl adjacent to an activating group) is 1. The fraction of sp³-hybridized carbons (Fsp3) is 0.250. The zero-order chi connectivity index (χ0) is 13.3. The number of H-pyrrole nitrogens is 1. The molecule has 0 saturated carbocycles. The molecule has 1 atom stereocenters. The quantitative estimate of drug-likeness (QED) is 0.850. The van der Waals surface area contributed by atoms with Crippen LogP contribution in [0.25, 0.3) is 11.0 Å². The lowest BCUT2D eigenvalue weighted by atomic mass is 10.1. The van der Waals surface area contributed by atoms with Gasteiger partial charge in [0, 0.05) is 7.05 Å². The van der Waals surface area contributed by atoms with Gasteiger partial charge in [-0.25, -0.2) is 9.78 Å². The van der Waals surface area contributed by atoms with Crippen molar-refractivity contribution in [3.05, 3.63) is 30.1 Å². The van der Waals surface area contributed by atoms with Crippen LogP contribution >= 0.6 is 0 Å². The van der Waals surface area contributed by atoms with E-state index in [2.05, 4.69) is 9.97 Å². The number of aliphatic carboxylic acids is 1. The summed E-state index contributed by atoms with van der Waals surface area (Å²) < 4.78 is 0. The van der Waals surface area contributed by atoms with Crippen molar-refractivity contribution in [2.24, 2.45) is 0 Å². The van der Waals surface area contributed by atoms with Gasteiger partial charge in [0.25, 0.3) is 5.91 Å². The maximum absolute atomic E-state index is 12.2. The average molecular weight is 247 g/mol. The number of hydrogen-bond acceptors (Lipinski definition) is 3. The van der Waals surface area contributed by atoms with E-state index < -0.39 is 12.0 Å². The predicted octanol–water partition coefficient (Wildman–Crippen LogP) is 1.11. The van der Waals surface area contributed by atoms with Gasteiger partial charge in [0.15, 0.2) is 0 Å². The topological polar surface area (TPSA) is 86.3 Å². The minimum absolute atomic E-state index is 0.359. The average Bonchev–Trinajstić information content (AvgIpc) is 2.83. The van der Waals surface area contributed by atoms with E-state index in [0.29, 0.717) is 11.1 Å². The number of para-hydroxylation sites is 1. The molecule has 1 amide bonds. The summed E-state index contributed by atoms with van der Waals surface area (Å²) in [5.74, 6) is -1.40. The van der Waals surface area contributed by atoms with Crippen LogP contribution in [0.3, 0.4) is 0 Å². The van der Waals surface area contributed by atoms with E-state index >= 15 is 0 Å². The highest BCUT2D eigenvalue weighted by molar-refractivity contribution is 6.05. The molecule has 1 heterocycles. The Kier molecular flexibility index (Phi) is 3.01. The summed E-state index contributed by atoms with van der Waals surface area (Å²) in [5.41, 5.74) is 1.69. The number of aromatic amines is 1. The predicted molar refractivity (Wildman–Crippen MR) is 65.3 cm³/mol. The summed E-state index contributed by atoms with van der Waals surface area (Å²) in [6, 6.07) is 4.29. The monoisotopic (exact) mass is 247 g/mol. The molecule has 2 rings (SSSR count). The highest BCUT2D eigenvalue weighted by atomic mass is 16.4. The minimum Gasteiger partial charge on any atom is -0.480 e.